The van der Waals surface area contributed by atoms with E-state index in [1.54, 1.807) is 39.8 Å². The van der Waals surface area contributed by atoms with Gasteiger partial charge in [0.2, 0.25) is 11.8 Å². The molecule has 0 saturated carbocycles. The van der Waals surface area contributed by atoms with Crippen LogP contribution in [0.4, 0.5) is 0 Å². The van der Waals surface area contributed by atoms with Gasteiger partial charge in [-0.3, -0.25) is 34.1 Å². The number of carbonyl (C=O) groups excluding carboxylic acids is 6. The Hall–Kier alpha value is -2.83. The van der Waals surface area contributed by atoms with Crippen LogP contribution in [0.15, 0.2) is 18.2 Å². The first-order valence-corrected chi connectivity index (χ1v) is 20.7. The van der Waals surface area contributed by atoms with Crippen LogP contribution in [-0.2, 0) is 41.9 Å². The summed E-state index contributed by atoms with van der Waals surface area (Å²) in [5.41, 5.74) is 0.878. The Morgan fingerprint density at radius 3 is 1.41 bits per heavy atom. The molecule has 1 aromatic heterocycles. The minimum atomic E-state index is -1.47. The largest absolute Gasteiger partial charge is 0.548 e. The predicted molar refractivity (Wildman–Crippen MR) is 207 cm³/mol. The number of nitrogens with one attached hydrogen (secondary N) is 2. The molecule has 0 radical (unpaired) electrons. The molecule has 1 aliphatic heterocycles. The smallest absolute Gasteiger partial charge is 0.227 e. The Morgan fingerprint density at radius 1 is 0.607 bits per heavy atom. The second-order valence-electron chi connectivity index (χ2n) is 15.1. The van der Waals surface area contributed by atoms with E-state index in [1.807, 2.05) is 0 Å². The standard InChI is InChI=1S/C40H66N6O14.Gd/c1-2-27(22-47)36(53)41-14-7-12-34(40(59)60)46-19-17-44(32(38(55)56)11-6-15-42-37(54)29(25-50)26-51)16-18-45(20-30-8-5-9-31(21-46)43-30)33(39(57)58)10-3-4-13-35(52)28(23-48)24-49;/h5,8-9,27-29,32-34,47-51H,2-4,6-7,10-26H2,1H3,(H,41,53)(H,42,54)(H,55,56)(H,57,58)(H,59,60);/p-3. The number of fused-ring (bicyclic) bond motifs is 2. The molecule has 21 heteroatoms. The minimum Gasteiger partial charge on any atom is -0.548 e. The van der Waals surface area contributed by atoms with Crippen LogP contribution in [0.1, 0.15) is 76.1 Å². The number of carboxylic acids is 3. The van der Waals surface area contributed by atoms with Crippen molar-refractivity contribution in [1.29, 1.82) is 0 Å². The summed E-state index contributed by atoms with van der Waals surface area (Å²) in [4.78, 5) is 84.6. The van der Waals surface area contributed by atoms with Crippen LogP contribution in [-0.4, -0.2) is 171 Å². The molecule has 0 saturated heterocycles. The molecule has 2 heterocycles. The number of carbonyl (C=O) groups is 6. The van der Waals surface area contributed by atoms with Gasteiger partial charge in [-0.1, -0.05) is 19.4 Å². The molecule has 2 amide bonds. The Bertz CT molecular complexity index is 1420. The van der Waals surface area contributed by atoms with Crippen molar-refractivity contribution in [1.82, 2.24) is 30.3 Å². The summed E-state index contributed by atoms with van der Waals surface area (Å²) in [6, 6.07) is 1.36. The number of amides is 2. The normalized spacial score (nSPS) is 16.3. The maximum absolute atomic E-state index is 12.8. The zero-order valence-corrected chi connectivity index (χ0v) is 37.1. The van der Waals surface area contributed by atoms with Crippen LogP contribution < -0.4 is 26.0 Å². The molecule has 0 aromatic carbocycles. The number of rotatable bonds is 28. The summed E-state index contributed by atoms with van der Waals surface area (Å²) >= 11 is 0. The molecule has 20 nitrogen and oxygen atoms in total. The van der Waals surface area contributed by atoms with Gasteiger partial charge in [-0.2, -0.15) is 0 Å². The molecule has 4 atom stereocenters. The molecule has 2 bridgehead atoms. The number of aromatic nitrogens is 1. The predicted octanol–water partition coefficient (Wildman–Crippen LogP) is -5.50. The fourth-order valence-corrected chi connectivity index (χ4v) is 7.12. The number of Topliss-reactive ketones (excluding diaryl/α,β-unsaturated/α-hetero) is 1. The average molecular weight is 1010 g/mol. The van der Waals surface area contributed by atoms with Gasteiger partial charge in [0.25, 0.3) is 0 Å². The van der Waals surface area contributed by atoms with Crippen molar-refractivity contribution in [3.8, 4) is 0 Å². The molecule has 1 aliphatic rings. The van der Waals surface area contributed by atoms with Crippen LogP contribution in [0.25, 0.3) is 0 Å². The first-order chi connectivity index (χ1) is 28.7. The quantitative estimate of drug-likeness (QED) is 0.0385. The zero-order chi connectivity index (χ0) is 44.6. The van der Waals surface area contributed by atoms with E-state index in [9.17, 15) is 69.6 Å². The van der Waals surface area contributed by atoms with Gasteiger partial charge in [0, 0.05) is 117 Å². The number of pyridine rings is 1. The van der Waals surface area contributed by atoms with E-state index in [0.29, 0.717) is 17.8 Å². The molecule has 7 N–H and O–H groups in total. The Labute approximate surface area is 388 Å². The number of aliphatic hydroxyl groups is 5. The maximum atomic E-state index is 12.8. The average Bonchev–Trinajstić information content (AvgIpc) is 3.21. The molecular weight excluding hydrogens is 946 g/mol. The van der Waals surface area contributed by atoms with E-state index in [1.165, 1.54) is 0 Å². The first kappa shape index (κ1) is 56.2. The Kier molecular flexibility index (Phi) is 28.6. The SMILES string of the molecule is CCC(CO)C(=O)NCCCC(C(=O)[O-])N1CCN(C(CCCNC(=O)C(CO)CO)C(=O)[O-])CCN(C(CCCCC(=O)C(CO)CO)C(=O)[O-])Cc2cccc(n2)C1.[Gd]. The van der Waals surface area contributed by atoms with E-state index in [0.717, 1.165) is 0 Å². The van der Waals surface area contributed by atoms with Crippen molar-refractivity contribution in [3.63, 3.8) is 0 Å². The van der Waals surface area contributed by atoms with Crippen molar-refractivity contribution in [2.75, 3.05) is 72.3 Å². The molecule has 0 spiro atoms. The third-order valence-corrected chi connectivity index (χ3v) is 10.9. The topological polar surface area (TPSA) is 319 Å². The third kappa shape index (κ3) is 19.6. The summed E-state index contributed by atoms with van der Waals surface area (Å²) in [7, 11) is 0. The van der Waals surface area contributed by atoms with Gasteiger partial charge in [-0.15, -0.1) is 0 Å². The molecule has 0 aliphatic carbocycles. The van der Waals surface area contributed by atoms with Gasteiger partial charge in [-0.25, -0.2) is 0 Å². The molecule has 0 fully saturated rings. The third-order valence-electron chi connectivity index (χ3n) is 10.9. The summed E-state index contributed by atoms with van der Waals surface area (Å²) in [6.45, 7) is -0.821. The Morgan fingerprint density at radius 2 is 1.00 bits per heavy atom. The maximum Gasteiger partial charge on any atom is 0.227 e. The fraction of sp³-hybridized carbons (Fsp3) is 0.725. The number of aliphatic hydroxyl groups excluding tert-OH is 5. The van der Waals surface area contributed by atoms with Gasteiger partial charge >= 0.3 is 0 Å². The van der Waals surface area contributed by atoms with E-state index in [-0.39, 0.29) is 162 Å². The number of hydrogen-bond acceptors (Lipinski definition) is 18. The van der Waals surface area contributed by atoms with Gasteiger partial charge in [0.15, 0.2) is 0 Å². The minimum absolute atomic E-state index is 0. The van der Waals surface area contributed by atoms with Crippen molar-refractivity contribution < 1.29 is 110 Å². The van der Waals surface area contributed by atoms with Crippen LogP contribution in [0.5, 0.6) is 0 Å². The molecular formula is C40H63GdN6O14-3. The van der Waals surface area contributed by atoms with E-state index in [2.05, 4.69) is 10.6 Å². The van der Waals surface area contributed by atoms with Gasteiger partial charge in [-0.05, 0) is 57.1 Å². The van der Waals surface area contributed by atoms with Crippen molar-refractivity contribution in [2.45, 2.75) is 95.9 Å². The monoisotopic (exact) mass is 1010 g/mol. The van der Waals surface area contributed by atoms with E-state index >= 15 is 0 Å². The number of aliphatic carboxylic acids is 3. The molecule has 61 heavy (non-hydrogen) atoms. The summed E-state index contributed by atoms with van der Waals surface area (Å²) in [5.74, 6) is -8.19. The van der Waals surface area contributed by atoms with Gasteiger partial charge in [0.05, 0.1) is 80.1 Å². The van der Waals surface area contributed by atoms with E-state index in [4.69, 9.17) is 4.98 Å². The zero-order valence-electron chi connectivity index (χ0n) is 34.8. The molecule has 1 aromatic rings. The number of nitrogens with zero attached hydrogens (tertiary/aromatic N) is 4. The second-order valence-corrected chi connectivity index (χ2v) is 15.1. The van der Waals surface area contributed by atoms with Gasteiger partial charge < -0.3 is 65.9 Å². The first-order valence-electron chi connectivity index (χ1n) is 20.7. The molecule has 348 valence electrons. The van der Waals surface area contributed by atoms with Crippen LogP contribution in [0.3, 0.4) is 0 Å². The number of ketones is 1. The number of unbranched alkanes of at least 4 members (excludes halogenated alkanes) is 1. The fourth-order valence-electron chi connectivity index (χ4n) is 7.12. The number of carboxylic acid groups (broad SMARTS) is 3. The van der Waals surface area contributed by atoms with Crippen LogP contribution >= 0.6 is 0 Å². The molecule has 2 rings (SSSR count). The van der Waals surface area contributed by atoms with Crippen molar-refractivity contribution in [3.05, 3.63) is 29.6 Å². The summed E-state index contributed by atoms with van der Waals surface area (Å²) in [5, 5.41) is 90.2. The van der Waals surface area contributed by atoms with Crippen molar-refractivity contribution in [2.24, 2.45) is 17.8 Å². The number of hydrogen-bond donors (Lipinski definition) is 7. The van der Waals surface area contributed by atoms with Crippen LogP contribution in [0.2, 0.25) is 0 Å². The van der Waals surface area contributed by atoms with Crippen molar-refractivity contribution >= 4 is 35.5 Å². The second kappa shape index (κ2) is 31.1. The van der Waals surface area contributed by atoms with Gasteiger partial charge in [0.1, 0.15) is 5.78 Å². The molecule has 4 unspecified atom stereocenters. The summed E-state index contributed by atoms with van der Waals surface area (Å²) in [6.07, 6.45) is 1.37. The van der Waals surface area contributed by atoms with Crippen LogP contribution in [0, 0.1) is 57.7 Å². The summed E-state index contributed by atoms with van der Waals surface area (Å²) < 4.78 is 0. The van der Waals surface area contributed by atoms with E-state index < -0.39 is 86.1 Å². The Balaban J connectivity index is 0.0000186.